The van der Waals surface area contributed by atoms with E-state index in [0.29, 0.717) is 69.3 Å². The van der Waals surface area contributed by atoms with E-state index in [-0.39, 0.29) is 11.8 Å². The van der Waals surface area contributed by atoms with Gasteiger partial charge >= 0.3 is 0 Å². The Balaban J connectivity index is 1.45. The van der Waals surface area contributed by atoms with Gasteiger partial charge in [-0.15, -0.1) is 0 Å². The van der Waals surface area contributed by atoms with Gasteiger partial charge in [0.05, 0.1) is 25.9 Å². The number of carbonyl (C=O) groups is 2. The molecule has 4 rings (SSSR count). The molecular formula is C23H28N4O4. The molecule has 2 aliphatic rings. The second kappa shape index (κ2) is 9.26. The first-order chi connectivity index (χ1) is 15.1. The lowest BCUT2D eigenvalue weighted by atomic mass is 10.1. The molecule has 2 aromatic rings. The highest BCUT2D eigenvalue weighted by Crippen LogP contribution is 2.26. The van der Waals surface area contributed by atoms with Gasteiger partial charge in [-0.2, -0.15) is 0 Å². The second-order valence-electron chi connectivity index (χ2n) is 7.69. The summed E-state index contributed by atoms with van der Waals surface area (Å²) in [6.07, 6.45) is 0. The van der Waals surface area contributed by atoms with Crippen molar-refractivity contribution in [2.45, 2.75) is 0 Å². The fraction of sp³-hybridized carbons (Fsp3) is 0.391. The monoisotopic (exact) mass is 424 g/mol. The first-order valence-electron chi connectivity index (χ1n) is 10.5. The van der Waals surface area contributed by atoms with Gasteiger partial charge in [0.2, 0.25) is 0 Å². The van der Waals surface area contributed by atoms with Crippen LogP contribution >= 0.6 is 0 Å². The fourth-order valence-corrected chi connectivity index (χ4v) is 4.00. The molecule has 2 aromatic carbocycles. The van der Waals surface area contributed by atoms with Gasteiger partial charge in [0.25, 0.3) is 11.8 Å². The zero-order chi connectivity index (χ0) is 21.8. The van der Waals surface area contributed by atoms with Gasteiger partial charge in [-0.05, 0) is 42.5 Å². The number of morpholine rings is 1. The van der Waals surface area contributed by atoms with E-state index >= 15 is 0 Å². The van der Waals surface area contributed by atoms with Crippen LogP contribution in [0.5, 0.6) is 5.75 Å². The van der Waals surface area contributed by atoms with Crippen molar-refractivity contribution in [2.75, 3.05) is 70.2 Å². The number of ether oxygens (including phenoxy) is 2. The third-order valence-electron chi connectivity index (χ3n) is 5.79. The third kappa shape index (κ3) is 4.59. The van der Waals surface area contributed by atoms with Gasteiger partial charge in [0.15, 0.2) is 0 Å². The van der Waals surface area contributed by atoms with E-state index < -0.39 is 0 Å². The number of nitrogens with two attached hydrogens (primary N) is 1. The van der Waals surface area contributed by atoms with Gasteiger partial charge in [-0.1, -0.05) is 0 Å². The first kappa shape index (κ1) is 21.0. The van der Waals surface area contributed by atoms with E-state index in [1.807, 2.05) is 21.9 Å². The molecule has 164 valence electrons. The van der Waals surface area contributed by atoms with Crippen LogP contribution in [-0.2, 0) is 4.74 Å². The average molecular weight is 425 g/mol. The molecule has 2 aliphatic heterocycles. The Bertz CT molecular complexity index is 933. The molecule has 0 atom stereocenters. The van der Waals surface area contributed by atoms with Gasteiger partial charge in [0.1, 0.15) is 5.75 Å². The lowest BCUT2D eigenvalue weighted by Crippen LogP contribution is -2.49. The van der Waals surface area contributed by atoms with E-state index in [1.54, 1.807) is 37.4 Å². The maximum Gasteiger partial charge on any atom is 0.256 e. The minimum atomic E-state index is -0.0256. The highest BCUT2D eigenvalue weighted by atomic mass is 16.5. The van der Waals surface area contributed by atoms with Crippen LogP contribution in [0.3, 0.4) is 0 Å². The number of hydrogen-bond acceptors (Lipinski definition) is 6. The van der Waals surface area contributed by atoms with Crippen molar-refractivity contribution in [1.29, 1.82) is 0 Å². The number of hydrogen-bond donors (Lipinski definition) is 1. The van der Waals surface area contributed by atoms with E-state index in [9.17, 15) is 9.59 Å². The molecule has 0 radical (unpaired) electrons. The molecule has 0 unspecified atom stereocenters. The average Bonchev–Trinajstić information content (AvgIpc) is 2.84. The quantitative estimate of drug-likeness (QED) is 0.752. The van der Waals surface area contributed by atoms with Crippen molar-refractivity contribution >= 4 is 23.2 Å². The predicted molar refractivity (Wildman–Crippen MR) is 119 cm³/mol. The number of methoxy groups -OCH3 is 1. The molecule has 0 aromatic heterocycles. The van der Waals surface area contributed by atoms with Crippen LogP contribution in [0.4, 0.5) is 11.4 Å². The van der Waals surface area contributed by atoms with Crippen LogP contribution in [0.25, 0.3) is 0 Å². The number of carbonyl (C=O) groups excluding carboxylic acids is 2. The summed E-state index contributed by atoms with van der Waals surface area (Å²) in [6.45, 7) is 4.73. The van der Waals surface area contributed by atoms with Crippen molar-refractivity contribution < 1.29 is 19.1 Å². The van der Waals surface area contributed by atoms with E-state index in [2.05, 4.69) is 4.90 Å². The lowest BCUT2D eigenvalue weighted by Gasteiger charge is -2.37. The van der Waals surface area contributed by atoms with Crippen molar-refractivity contribution in [1.82, 2.24) is 9.80 Å². The molecule has 0 bridgehead atoms. The summed E-state index contributed by atoms with van der Waals surface area (Å²) < 4.78 is 10.5. The molecular weight excluding hydrogens is 396 g/mol. The van der Waals surface area contributed by atoms with E-state index in [1.165, 1.54) is 0 Å². The Morgan fingerprint density at radius 1 is 0.871 bits per heavy atom. The molecule has 8 nitrogen and oxygen atoms in total. The van der Waals surface area contributed by atoms with Crippen LogP contribution < -0.4 is 15.4 Å². The SMILES string of the molecule is COc1ccc(C(=O)N2CCN(c3ccc(N)cc3C(=O)N3CCOCC3)CC2)cc1. The Morgan fingerprint density at radius 3 is 2.16 bits per heavy atom. The predicted octanol–water partition coefficient (Wildman–Crippen LogP) is 1.71. The van der Waals surface area contributed by atoms with Crippen LogP contribution in [-0.4, -0.2) is 81.2 Å². The molecule has 2 heterocycles. The summed E-state index contributed by atoms with van der Waals surface area (Å²) in [5.41, 5.74) is 8.67. The normalized spacial score (nSPS) is 16.9. The maximum atomic E-state index is 13.1. The molecule has 2 amide bonds. The smallest absolute Gasteiger partial charge is 0.256 e. The first-order valence-corrected chi connectivity index (χ1v) is 10.5. The van der Waals surface area contributed by atoms with Gasteiger partial charge < -0.3 is 29.9 Å². The Kier molecular flexibility index (Phi) is 6.27. The van der Waals surface area contributed by atoms with Crippen LogP contribution in [0.2, 0.25) is 0 Å². The summed E-state index contributed by atoms with van der Waals surface area (Å²) in [6, 6.07) is 12.6. The van der Waals surface area contributed by atoms with Gasteiger partial charge in [-0.3, -0.25) is 9.59 Å². The number of nitrogens with zero attached hydrogens (tertiary/aromatic N) is 3. The second-order valence-corrected chi connectivity index (χ2v) is 7.69. The number of rotatable bonds is 4. The number of nitrogen functional groups attached to an aromatic ring is 1. The van der Waals surface area contributed by atoms with E-state index in [0.717, 1.165) is 11.4 Å². The van der Waals surface area contributed by atoms with Gasteiger partial charge in [-0.25, -0.2) is 0 Å². The standard InChI is InChI=1S/C23H28N4O4/c1-30-19-5-2-17(3-6-19)22(28)26-10-8-25(9-11-26)21-7-4-18(24)16-20(21)23(29)27-12-14-31-15-13-27/h2-7,16H,8-15,24H2,1H3. The van der Waals surface area contributed by atoms with Crippen molar-refractivity contribution in [3.63, 3.8) is 0 Å². The highest BCUT2D eigenvalue weighted by molar-refractivity contribution is 6.01. The summed E-state index contributed by atoms with van der Waals surface area (Å²) in [5.74, 6) is 0.703. The van der Waals surface area contributed by atoms with Crippen LogP contribution in [0.1, 0.15) is 20.7 Å². The fourth-order valence-electron chi connectivity index (χ4n) is 4.00. The van der Waals surface area contributed by atoms with Gasteiger partial charge in [0, 0.05) is 56.2 Å². The Morgan fingerprint density at radius 2 is 1.52 bits per heavy atom. The van der Waals surface area contributed by atoms with Crippen LogP contribution in [0.15, 0.2) is 42.5 Å². The number of amides is 2. The number of piperazine rings is 1. The molecule has 31 heavy (non-hydrogen) atoms. The molecule has 2 N–H and O–H groups in total. The summed E-state index contributed by atoms with van der Waals surface area (Å²) >= 11 is 0. The number of benzene rings is 2. The zero-order valence-corrected chi connectivity index (χ0v) is 17.8. The largest absolute Gasteiger partial charge is 0.497 e. The zero-order valence-electron chi connectivity index (χ0n) is 17.8. The minimum Gasteiger partial charge on any atom is -0.497 e. The summed E-state index contributed by atoms with van der Waals surface area (Å²) in [4.78, 5) is 31.8. The lowest BCUT2D eigenvalue weighted by molar-refractivity contribution is 0.0303. The third-order valence-corrected chi connectivity index (χ3v) is 5.79. The summed E-state index contributed by atoms with van der Waals surface area (Å²) in [7, 11) is 1.60. The molecule has 0 aliphatic carbocycles. The highest BCUT2D eigenvalue weighted by Gasteiger charge is 2.27. The van der Waals surface area contributed by atoms with Crippen molar-refractivity contribution in [2.24, 2.45) is 0 Å². The molecule has 2 saturated heterocycles. The molecule has 2 fully saturated rings. The van der Waals surface area contributed by atoms with Crippen molar-refractivity contribution in [3.8, 4) is 5.75 Å². The maximum absolute atomic E-state index is 13.1. The molecule has 0 saturated carbocycles. The van der Waals surface area contributed by atoms with Crippen LogP contribution in [0, 0.1) is 0 Å². The molecule has 0 spiro atoms. The van der Waals surface area contributed by atoms with E-state index in [4.69, 9.17) is 15.2 Å². The van der Waals surface area contributed by atoms with Crippen molar-refractivity contribution in [3.05, 3.63) is 53.6 Å². The number of anilines is 2. The topological polar surface area (TPSA) is 88.3 Å². The molecule has 8 heteroatoms. The Hall–Kier alpha value is -3.26. The Labute approximate surface area is 182 Å². The minimum absolute atomic E-state index is 0.00391. The summed E-state index contributed by atoms with van der Waals surface area (Å²) in [5, 5.41) is 0.